The predicted molar refractivity (Wildman–Crippen MR) is 59.7 cm³/mol. The average Bonchev–Trinajstić information content (AvgIpc) is 2.27. The first-order chi connectivity index (χ1) is 7.91. The van der Waals surface area contributed by atoms with E-state index in [1.54, 1.807) is 13.8 Å². The summed E-state index contributed by atoms with van der Waals surface area (Å²) >= 11 is 0. The second-order valence-corrected chi connectivity index (χ2v) is 4.70. The van der Waals surface area contributed by atoms with E-state index >= 15 is 0 Å². The average molecular weight is 245 g/mol. The van der Waals surface area contributed by atoms with E-state index in [1.807, 2.05) is 0 Å². The summed E-state index contributed by atoms with van der Waals surface area (Å²) in [6.07, 6.45) is -0.190. The molecule has 0 spiro atoms. The van der Waals surface area contributed by atoms with E-state index in [2.05, 4.69) is 5.32 Å². The zero-order chi connectivity index (χ0) is 12.9. The molecule has 0 saturated carbocycles. The quantitative estimate of drug-likeness (QED) is 0.720. The van der Waals surface area contributed by atoms with Crippen LogP contribution in [0.4, 0.5) is 0 Å². The number of hydrogen-bond acceptors (Lipinski definition) is 4. The van der Waals surface area contributed by atoms with Gasteiger partial charge in [0, 0.05) is 12.0 Å². The van der Waals surface area contributed by atoms with Crippen LogP contribution in [0.3, 0.4) is 0 Å². The van der Waals surface area contributed by atoms with Crippen LogP contribution < -0.4 is 5.32 Å². The highest BCUT2D eigenvalue weighted by molar-refractivity contribution is 5.81. The number of carboxylic acid groups (broad SMARTS) is 1. The number of carboxylic acids is 1. The Morgan fingerprint density at radius 3 is 2.65 bits per heavy atom. The minimum atomic E-state index is -0.871. The smallest absolute Gasteiger partial charge is 0.303 e. The summed E-state index contributed by atoms with van der Waals surface area (Å²) in [5.74, 6) is -1.12. The fourth-order valence-electron chi connectivity index (χ4n) is 1.54. The van der Waals surface area contributed by atoms with Crippen LogP contribution in [-0.2, 0) is 19.1 Å². The number of hydrogen-bond donors (Lipinski definition) is 2. The van der Waals surface area contributed by atoms with Gasteiger partial charge in [-0.15, -0.1) is 0 Å². The van der Waals surface area contributed by atoms with Crippen molar-refractivity contribution in [2.45, 2.75) is 38.3 Å². The lowest BCUT2D eigenvalue weighted by molar-refractivity contribution is -0.149. The molecule has 1 rings (SSSR count). The van der Waals surface area contributed by atoms with E-state index in [4.69, 9.17) is 14.6 Å². The minimum absolute atomic E-state index is 0.0231. The van der Waals surface area contributed by atoms with Crippen LogP contribution in [0.2, 0.25) is 0 Å². The number of ether oxygens (including phenoxy) is 2. The lowest BCUT2D eigenvalue weighted by atomic mass is 9.98. The van der Waals surface area contributed by atoms with Gasteiger partial charge < -0.3 is 19.9 Å². The molecule has 0 aromatic rings. The monoisotopic (exact) mass is 245 g/mol. The summed E-state index contributed by atoms with van der Waals surface area (Å²) in [6, 6.07) is 0. The Bertz CT molecular complexity index is 284. The van der Waals surface area contributed by atoms with Crippen molar-refractivity contribution >= 4 is 11.9 Å². The fraction of sp³-hybridized carbons (Fsp3) is 0.818. The van der Waals surface area contributed by atoms with Gasteiger partial charge >= 0.3 is 5.97 Å². The summed E-state index contributed by atoms with van der Waals surface area (Å²) in [6.45, 7) is 4.75. The molecule has 1 amide bonds. The molecule has 1 atom stereocenters. The van der Waals surface area contributed by atoms with Gasteiger partial charge in [-0.05, 0) is 20.3 Å². The zero-order valence-corrected chi connectivity index (χ0v) is 10.2. The summed E-state index contributed by atoms with van der Waals surface area (Å²) in [5, 5.41) is 11.4. The maximum Gasteiger partial charge on any atom is 0.303 e. The fourth-order valence-corrected chi connectivity index (χ4v) is 1.54. The Labute approximate surface area is 100 Å². The molecule has 0 bridgehead atoms. The van der Waals surface area contributed by atoms with Crippen LogP contribution in [0.25, 0.3) is 0 Å². The summed E-state index contributed by atoms with van der Waals surface area (Å²) in [5.41, 5.74) is -0.559. The first-order valence-electron chi connectivity index (χ1n) is 5.64. The third-order valence-corrected chi connectivity index (χ3v) is 2.53. The predicted octanol–water partition coefficient (Wildman–Crippen LogP) is 0.161. The van der Waals surface area contributed by atoms with Crippen molar-refractivity contribution in [2.75, 3.05) is 19.8 Å². The van der Waals surface area contributed by atoms with E-state index in [-0.39, 0.29) is 18.9 Å². The van der Waals surface area contributed by atoms with Gasteiger partial charge in [0.25, 0.3) is 5.91 Å². The van der Waals surface area contributed by atoms with Crippen molar-refractivity contribution in [2.24, 2.45) is 0 Å². The number of aliphatic carboxylic acids is 1. The molecule has 1 fully saturated rings. The van der Waals surface area contributed by atoms with Crippen molar-refractivity contribution in [1.82, 2.24) is 5.32 Å². The Morgan fingerprint density at radius 1 is 1.41 bits per heavy atom. The van der Waals surface area contributed by atoms with Crippen LogP contribution in [0.1, 0.15) is 26.7 Å². The molecule has 98 valence electrons. The van der Waals surface area contributed by atoms with Gasteiger partial charge in [-0.3, -0.25) is 9.59 Å². The topological polar surface area (TPSA) is 84.9 Å². The van der Waals surface area contributed by atoms with E-state index < -0.39 is 17.6 Å². The number of amides is 1. The van der Waals surface area contributed by atoms with E-state index in [1.165, 1.54) is 0 Å². The number of carbonyl (C=O) groups is 2. The molecule has 0 aromatic carbocycles. The van der Waals surface area contributed by atoms with Crippen molar-refractivity contribution in [1.29, 1.82) is 0 Å². The molecule has 0 radical (unpaired) electrons. The Balaban J connectivity index is 2.39. The molecule has 0 aromatic heterocycles. The molecule has 6 nitrogen and oxygen atoms in total. The van der Waals surface area contributed by atoms with Crippen molar-refractivity contribution in [3.63, 3.8) is 0 Å². The second-order valence-electron chi connectivity index (χ2n) is 4.70. The SMILES string of the molecule is CC(C)(CCC(=O)O)NC(=O)[C@H]1COCCO1. The second kappa shape index (κ2) is 5.97. The molecule has 1 aliphatic rings. The number of nitrogens with one attached hydrogen (secondary N) is 1. The van der Waals surface area contributed by atoms with E-state index in [0.717, 1.165) is 0 Å². The number of carbonyl (C=O) groups excluding carboxylic acids is 1. The first-order valence-corrected chi connectivity index (χ1v) is 5.64. The van der Waals surface area contributed by atoms with Crippen LogP contribution in [-0.4, -0.2) is 48.4 Å². The summed E-state index contributed by atoms with van der Waals surface area (Å²) in [7, 11) is 0. The minimum Gasteiger partial charge on any atom is -0.481 e. The van der Waals surface area contributed by atoms with Crippen molar-refractivity contribution in [3.8, 4) is 0 Å². The molecule has 17 heavy (non-hydrogen) atoms. The maximum atomic E-state index is 11.8. The van der Waals surface area contributed by atoms with E-state index in [0.29, 0.717) is 19.6 Å². The van der Waals surface area contributed by atoms with Crippen molar-refractivity contribution < 1.29 is 24.2 Å². The molecule has 1 heterocycles. The third-order valence-electron chi connectivity index (χ3n) is 2.53. The molecule has 0 unspecified atom stereocenters. The van der Waals surface area contributed by atoms with E-state index in [9.17, 15) is 9.59 Å². The molecule has 6 heteroatoms. The van der Waals surface area contributed by atoms with Crippen LogP contribution in [0.5, 0.6) is 0 Å². The lowest BCUT2D eigenvalue weighted by Crippen LogP contribution is -2.51. The highest BCUT2D eigenvalue weighted by atomic mass is 16.6. The molecular weight excluding hydrogens is 226 g/mol. The summed E-state index contributed by atoms with van der Waals surface area (Å²) < 4.78 is 10.4. The largest absolute Gasteiger partial charge is 0.481 e. The highest BCUT2D eigenvalue weighted by Crippen LogP contribution is 2.12. The van der Waals surface area contributed by atoms with Gasteiger partial charge in [0.05, 0.1) is 19.8 Å². The number of rotatable bonds is 5. The van der Waals surface area contributed by atoms with Crippen LogP contribution in [0, 0.1) is 0 Å². The third kappa shape index (κ3) is 5.14. The van der Waals surface area contributed by atoms with Gasteiger partial charge in [-0.25, -0.2) is 0 Å². The van der Waals surface area contributed by atoms with Gasteiger partial charge in [0.1, 0.15) is 0 Å². The highest BCUT2D eigenvalue weighted by Gasteiger charge is 2.28. The van der Waals surface area contributed by atoms with Gasteiger partial charge in [0.2, 0.25) is 0 Å². The Kier molecular flexibility index (Phi) is 4.89. The molecular formula is C11H19NO5. The standard InChI is InChI=1S/C11H19NO5/c1-11(2,4-3-9(13)14)12-10(15)8-7-16-5-6-17-8/h8H,3-7H2,1-2H3,(H,12,15)(H,13,14)/t8-/m1/s1. The Hall–Kier alpha value is -1.14. The lowest BCUT2D eigenvalue weighted by Gasteiger charge is -2.29. The normalized spacial score (nSPS) is 20.9. The van der Waals surface area contributed by atoms with Gasteiger partial charge in [-0.2, -0.15) is 0 Å². The first kappa shape index (κ1) is 13.9. The molecule has 2 N–H and O–H groups in total. The van der Waals surface area contributed by atoms with Crippen LogP contribution >= 0.6 is 0 Å². The molecule has 0 aliphatic carbocycles. The van der Waals surface area contributed by atoms with Gasteiger partial charge in [-0.1, -0.05) is 0 Å². The maximum absolute atomic E-state index is 11.8. The Morgan fingerprint density at radius 2 is 2.12 bits per heavy atom. The van der Waals surface area contributed by atoms with Gasteiger partial charge in [0.15, 0.2) is 6.10 Å². The molecule has 1 aliphatic heterocycles. The van der Waals surface area contributed by atoms with Crippen LogP contribution in [0.15, 0.2) is 0 Å². The molecule has 1 saturated heterocycles. The zero-order valence-electron chi connectivity index (χ0n) is 10.2. The summed E-state index contributed by atoms with van der Waals surface area (Å²) in [4.78, 5) is 22.3. The van der Waals surface area contributed by atoms with Crippen molar-refractivity contribution in [3.05, 3.63) is 0 Å².